The Kier molecular flexibility index (Phi) is 4.13. The summed E-state index contributed by atoms with van der Waals surface area (Å²) >= 11 is 0. The molecule has 3 rings (SSSR count). The zero-order valence-electron chi connectivity index (χ0n) is 11.7. The van der Waals surface area contributed by atoms with Crippen molar-refractivity contribution < 1.29 is 4.65 Å². The number of fused-ring (bicyclic) bond motifs is 3. The summed E-state index contributed by atoms with van der Waals surface area (Å²) < 4.78 is 6.45. The van der Waals surface area contributed by atoms with Crippen LogP contribution in [0.25, 0.3) is 0 Å². The third-order valence-corrected chi connectivity index (χ3v) is 5.46. The molecular formula is C16H27BO. The molecule has 0 N–H and O–H groups in total. The lowest BCUT2D eigenvalue weighted by Gasteiger charge is -2.30. The second-order valence-electron chi connectivity index (χ2n) is 6.71. The van der Waals surface area contributed by atoms with Crippen LogP contribution >= 0.6 is 0 Å². The van der Waals surface area contributed by atoms with Crippen molar-refractivity contribution in [3.8, 4) is 0 Å². The highest BCUT2D eigenvalue weighted by Gasteiger charge is 2.39. The molecule has 0 spiro atoms. The molecule has 0 atom stereocenters. The topological polar surface area (TPSA) is 9.23 Å². The predicted octanol–water partition coefficient (Wildman–Crippen LogP) is 4.78. The molecule has 3 aliphatic rings. The fraction of sp³-hybridized carbons (Fsp3) is 0.875. The second kappa shape index (κ2) is 5.82. The first kappa shape index (κ1) is 12.8. The average Bonchev–Trinajstić information content (AvgIpc) is 2.71. The van der Waals surface area contributed by atoms with Gasteiger partial charge in [-0.05, 0) is 37.4 Å². The maximum atomic E-state index is 6.45. The van der Waals surface area contributed by atoms with Crippen molar-refractivity contribution in [3.05, 3.63) is 12.1 Å². The van der Waals surface area contributed by atoms with E-state index in [9.17, 15) is 0 Å². The quantitative estimate of drug-likeness (QED) is 0.637. The highest BCUT2D eigenvalue weighted by Crippen LogP contribution is 2.42. The third-order valence-electron chi connectivity index (χ3n) is 5.46. The number of hydrogen-bond donors (Lipinski definition) is 0. The van der Waals surface area contributed by atoms with Gasteiger partial charge in [-0.15, -0.1) is 6.58 Å². The van der Waals surface area contributed by atoms with Crippen molar-refractivity contribution in [2.24, 2.45) is 5.92 Å². The molecule has 2 heteroatoms. The molecule has 2 aliphatic heterocycles. The SMILES string of the molecule is C=C(B1OC2CCCC1CCC2)C1CCCCC1. The highest BCUT2D eigenvalue weighted by molar-refractivity contribution is 6.62. The Morgan fingerprint density at radius 1 is 0.833 bits per heavy atom. The molecule has 1 nitrogen and oxygen atoms in total. The largest absolute Gasteiger partial charge is 0.428 e. The molecule has 2 heterocycles. The number of rotatable bonds is 2. The van der Waals surface area contributed by atoms with E-state index in [2.05, 4.69) is 6.58 Å². The minimum Gasteiger partial charge on any atom is -0.428 e. The van der Waals surface area contributed by atoms with E-state index in [1.807, 2.05) is 0 Å². The summed E-state index contributed by atoms with van der Waals surface area (Å²) in [6.45, 7) is 4.88. The van der Waals surface area contributed by atoms with Gasteiger partial charge in [0, 0.05) is 6.10 Å². The molecule has 2 saturated heterocycles. The van der Waals surface area contributed by atoms with Crippen LogP contribution in [0, 0.1) is 5.92 Å². The van der Waals surface area contributed by atoms with E-state index >= 15 is 0 Å². The van der Waals surface area contributed by atoms with Gasteiger partial charge in [0.05, 0.1) is 0 Å². The molecule has 0 aromatic rings. The fourth-order valence-corrected chi connectivity index (χ4v) is 4.36. The first-order valence-electron chi connectivity index (χ1n) is 8.19. The summed E-state index contributed by atoms with van der Waals surface area (Å²) in [5.41, 5.74) is 1.47. The molecule has 0 unspecified atom stereocenters. The first-order valence-corrected chi connectivity index (χ1v) is 8.19. The first-order chi connectivity index (χ1) is 8.84. The van der Waals surface area contributed by atoms with Crippen LogP contribution in [0.1, 0.15) is 70.6 Å². The minimum absolute atomic E-state index is 0.406. The van der Waals surface area contributed by atoms with Crippen LogP contribution in [0.4, 0.5) is 0 Å². The maximum absolute atomic E-state index is 6.45. The molecule has 1 aliphatic carbocycles. The van der Waals surface area contributed by atoms with E-state index in [4.69, 9.17) is 4.65 Å². The Labute approximate surface area is 112 Å². The molecule has 100 valence electrons. The second-order valence-corrected chi connectivity index (χ2v) is 6.71. The van der Waals surface area contributed by atoms with E-state index in [0.717, 1.165) is 11.7 Å². The summed E-state index contributed by atoms with van der Waals surface area (Å²) in [6.07, 6.45) is 15.6. The van der Waals surface area contributed by atoms with Crippen LogP contribution in [0.5, 0.6) is 0 Å². The molecule has 0 aromatic carbocycles. The molecule has 1 saturated carbocycles. The van der Waals surface area contributed by atoms with E-state index in [1.54, 1.807) is 0 Å². The molecule has 0 radical (unpaired) electrons. The summed E-state index contributed by atoms with van der Waals surface area (Å²) in [7, 11) is 0. The maximum Gasteiger partial charge on any atom is 0.325 e. The van der Waals surface area contributed by atoms with Gasteiger partial charge in [0.15, 0.2) is 0 Å². The zero-order valence-corrected chi connectivity index (χ0v) is 11.7. The number of hydrogen-bond acceptors (Lipinski definition) is 1. The van der Waals surface area contributed by atoms with Gasteiger partial charge >= 0.3 is 6.92 Å². The normalized spacial score (nSPS) is 34.1. The predicted molar refractivity (Wildman–Crippen MR) is 77.8 cm³/mol. The lowest BCUT2D eigenvalue weighted by Crippen LogP contribution is -2.32. The molecule has 18 heavy (non-hydrogen) atoms. The molecule has 3 fully saturated rings. The van der Waals surface area contributed by atoms with E-state index < -0.39 is 0 Å². The minimum atomic E-state index is 0.406. The van der Waals surface area contributed by atoms with Crippen molar-refractivity contribution in [1.29, 1.82) is 0 Å². The Bertz CT molecular complexity index is 285. The van der Waals surface area contributed by atoms with Crippen LogP contribution in [0.3, 0.4) is 0 Å². The van der Waals surface area contributed by atoms with Crippen LogP contribution < -0.4 is 0 Å². The average molecular weight is 246 g/mol. The summed E-state index contributed by atoms with van der Waals surface area (Å²) in [5.74, 6) is 1.55. The van der Waals surface area contributed by atoms with Crippen molar-refractivity contribution >= 4 is 6.92 Å². The van der Waals surface area contributed by atoms with Crippen molar-refractivity contribution in [3.63, 3.8) is 0 Å². The van der Waals surface area contributed by atoms with Crippen molar-refractivity contribution in [2.45, 2.75) is 82.6 Å². The van der Waals surface area contributed by atoms with Gasteiger partial charge in [0.2, 0.25) is 0 Å². The monoisotopic (exact) mass is 246 g/mol. The van der Waals surface area contributed by atoms with Crippen LogP contribution in [0.15, 0.2) is 12.1 Å². The van der Waals surface area contributed by atoms with E-state index in [0.29, 0.717) is 13.0 Å². The van der Waals surface area contributed by atoms with Gasteiger partial charge in [-0.25, -0.2) is 0 Å². The number of allylic oxidation sites excluding steroid dienone is 1. The van der Waals surface area contributed by atoms with Gasteiger partial charge in [-0.2, -0.15) is 0 Å². The van der Waals surface area contributed by atoms with Crippen molar-refractivity contribution in [2.75, 3.05) is 0 Å². The van der Waals surface area contributed by atoms with Crippen molar-refractivity contribution in [1.82, 2.24) is 0 Å². The molecule has 0 amide bonds. The van der Waals surface area contributed by atoms with E-state index in [-0.39, 0.29) is 0 Å². The van der Waals surface area contributed by atoms with Gasteiger partial charge in [-0.3, -0.25) is 0 Å². The van der Waals surface area contributed by atoms with Gasteiger partial charge in [0.25, 0.3) is 0 Å². The Morgan fingerprint density at radius 3 is 2.17 bits per heavy atom. The molecule has 2 bridgehead atoms. The molecular weight excluding hydrogens is 219 g/mol. The van der Waals surface area contributed by atoms with Gasteiger partial charge in [-0.1, -0.05) is 50.4 Å². The highest BCUT2D eigenvalue weighted by atomic mass is 16.4. The zero-order chi connectivity index (χ0) is 12.4. The molecule has 0 aromatic heterocycles. The standard InChI is InChI=1S/C16H27BO/c1-13(14-7-3-2-4-8-14)17-15-9-5-11-16(18-17)12-6-10-15/h14-16H,1-12H2. The van der Waals surface area contributed by atoms with Crippen LogP contribution in [-0.2, 0) is 4.65 Å². The Hall–Kier alpha value is -0.235. The fourth-order valence-electron chi connectivity index (χ4n) is 4.36. The van der Waals surface area contributed by atoms with Crippen LogP contribution in [-0.4, -0.2) is 13.0 Å². The third kappa shape index (κ3) is 2.69. The Morgan fingerprint density at radius 2 is 1.50 bits per heavy atom. The smallest absolute Gasteiger partial charge is 0.325 e. The van der Waals surface area contributed by atoms with Crippen LogP contribution in [0.2, 0.25) is 5.82 Å². The van der Waals surface area contributed by atoms with Gasteiger partial charge in [0.1, 0.15) is 0 Å². The summed E-state index contributed by atoms with van der Waals surface area (Å²) in [6, 6.07) is 0. The van der Waals surface area contributed by atoms with Gasteiger partial charge < -0.3 is 4.65 Å². The summed E-state index contributed by atoms with van der Waals surface area (Å²) in [5, 5.41) is 0. The lowest BCUT2D eigenvalue weighted by molar-refractivity contribution is 0.188. The summed E-state index contributed by atoms with van der Waals surface area (Å²) in [4.78, 5) is 0. The Balaban J connectivity index is 1.71. The lowest BCUT2D eigenvalue weighted by atomic mass is 9.45. The van der Waals surface area contributed by atoms with E-state index in [1.165, 1.54) is 76.1 Å².